The van der Waals surface area contributed by atoms with Gasteiger partial charge in [-0.05, 0) is 111 Å². The maximum atomic E-state index is 12.7. The van der Waals surface area contributed by atoms with Gasteiger partial charge in [-0.1, -0.05) is 159 Å². The lowest BCUT2D eigenvalue weighted by Gasteiger charge is -2.30. The molecule has 0 saturated carbocycles. The zero-order valence-corrected chi connectivity index (χ0v) is 62.7. The summed E-state index contributed by atoms with van der Waals surface area (Å²) in [6.07, 6.45) is 25.7. The van der Waals surface area contributed by atoms with Crippen molar-refractivity contribution in [2.75, 3.05) is 28.4 Å². The molecule has 574 valence electrons. The molecule has 0 spiro atoms. The van der Waals surface area contributed by atoms with Gasteiger partial charge in [0.1, 0.15) is 30.1 Å². The zero-order chi connectivity index (χ0) is 79.9. The molecule has 25 heteroatoms. The SMILES string of the molecule is CCC(=O)O.COC(=O)/C(=C/c1cccnc1)NC(C)=O.COC(=O)[C@@H](N)Cc1cccnc1.COC(=O)[C@H](Cc1cccnc1)N(Cc1ccccc1)Cc1ccccc1.COC(=O)[C@H](Cc1cccnc1)NC(C)=O.O=C[C@H](Cc1cccnc1)N(Cc1ccccc1)Cc1ccccc1.O=Cc1cccnc1. The molecular formula is C85H95N11O14. The highest BCUT2D eigenvalue weighted by Crippen LogP contribution is 2.20. The Balaban J connectivity index is 0.000000284. The van der Waals surface area contributed by atoms with E-state index >= 15 is 0 Å². The number of nitrogens with two attached hydrogens (primary N) is 1. The molecule has 0 unspecified atom stereocenters. The number of nitrogens with zero attached hydrogens (tertiary/aromatic N) is 8. The number of benzene rings is 4. The Labute approximate surface area is 642 Å². The summed E-state index contributed by atoms with van der Waals surface area (Å²) >= 11 is 0. The number of hydrogen-bond acceptors (Lipinski definition) is 22. The maximum Gasteiger partial charge on any atom is 0.354 e. The fraction of sp³-hybridized carbons (Fsp3) is 0.235. The molecule has 4 atom stereocenters. The molecule has 4 aromatic carbocycles. The van der Waals surface area contributed by atoms with E-state index in [1.807, 2.05) is 115 Å². The van der Waals surface area contributed by atoms with Crippen LogP contribution < -0.4 is 16.4 Å². The Morgan fingerprint density at radius 2 is 0.782 bits per heavy atom. The minimum atomic E-state index is -0.745. The van der Waals surface area contributed by atoms with Gasteiger partial charge in [0.15, 0.2) is 6.29 Å². The molecule has 25 nitrogen and oxygen atoms in total. The number of aromatic nitrogens is 6. The average molecular weight is 1490 g/mol. The van der Waals surface area contributed by atoms with Crippen molar-refractivity contribution in [1.29, 1.82) is 0 Å². The van der Waals surface area contributed by atoms with Gasteiger partial charge in [-0.3, -0.25) is 68.5 Å². The van der Waals surface area contributed by atoms with E-state index in [0.29, 0.717) is 49.9 Å². The van der Waals surface area contributed by atoms with Crippen molar-refractivity contribution in [3.63, 3.8) is 0 Å². The second-order valence-corrected chi connectivity index (χ2v) is 23.8. The number of esters is 4. The molecule has 0 aliphatic rings. The van der Waals surface area contributed by atoms with Gasteiger partial charge in [0.05, 0.1) is 34.5 Å². The predicted octanol–water partition coefficient (Wildman–Crippen LogP) is 10.3. The molecule has 6 aromatic heterocycles. The third-order valence-electron chi connectivity index (χ3n) is 15.3. The van der Waals surface area contributed by atoms with Crippen LogP contribution in [0, 0.1) is 0 Å². The number of nitrogens with one attached hydrogen (secondary N) is 2. The van der Waals surface area contributed by atoms with E-state index in [4.69, 9.17) is 15.6 Å². The number of ether oxygens (including phenoxy) is 4. The van der Waals surface area contributed by atoms with Crippen LogP contribution >= 0.6 is 0 Å². The number of aldehydes is 2. The fourth-order valence-corrected chi connectivity index (χ4v) is 9.96. The first-order chi connectivity index (χ1) is 53.3. The number of amides is 2. The minimum Gasteiger partial charge on any atom is -0.481 e. The molecule has 110 heavy (non-hydrogen) atoms. The van der Waals surface area contributed by atoms with Crippen LogP contribution in [0.4, 0.5) is 0 Å². The molecular weight excluding hydrogens is 1400 g/mol. The number of methoxy groups -OCH3 is 4. The molecule has 0 saturated heterocycles. The number of carbonyl (C=O) groups excluding carboxylic acids is 8. The quantitative estimate of drug-likeness (QED) is 0.0153. The minimum absolute atomic E-state index is 0.0861. The van der Waals surface area contributed by atoms with Crippen molar-refractivity contribution in [2.24, 2.45) is 5.73 Å². The van der Waals surface area contributed by atoms with Crippen LogP contribution in [0.2, 0.25) is 0 Å². The summed E-state index contributed by atoms with van der Waals surface area (Å²) in [4.78, 5) is 128. The number of carbonyl (C=O) groups is 9. The Kier molecular flexibility index (Phi) is 43.7. The molecule has 10 aromatic rings. The van der Waals surface area contributed by atoms with Crippen LogP contribution in [0.25, 0.3) is 6.08 Å². The summed E-state index contributed by atoms with van der Waals surface area (Å²) in [5, 5.41) is 12.7. The van der Waals surface area contributed by atoms with E-state index < -0.39 is 36.0 Å². The van der Waals surface area contributed by atoms with Crippen molar-refractivity contribution in [3.05, 3.63) is 330 Å². The fourth-order valence-electron chi connectivity index (χ4n) is 9.96. The molecule has 0 radical (unpaired) electrons. The van der Waals surface area contributed by atoms with E-state index in [0.717, 1.165) is 59.0 Å². The summed E-state index contributed by atoms with van der Waals surface area (Å²) < 4.78 is 18.8. The van der Waals surface area contributed by atoms with Gasteiger partial charge in [-0.25, -0.2) is 9.59 Å². The van der Waals surface area contributed by atoms with Crippen molar-refractivity contribution in [2.45, 2.75) is 103 Å². The Hall–Kier alpha value is -13.0. The third-order valence-corrected chi connectivity index (χ3v) is 15.3. The molecule has 10 rings (SSSR count). The molecule has 6 heterocycles. The monoisotopic (exact) mass is 1490 g/mol. The number of pyridine rings is 6. The van der Waals surface area contributed by atoms with Gasteiger partial charge >= 0.3 is 29.8 Å². The summed E-state index contributed by atoms with van der Waals surface area (Å²) in [5.74, 6) is -3.03. The molecule has 0 aliphatic heterocycles. The molecule has 0 fully saturated rings. The highest BCUT2D eigenvalue weighted by atomic mass is 16.5. The number of aliphatic carboxylic acids is 1. The topological polar surface area (TPSA) is 345 Å². The lowest BCUT2D eigenvalue weighted by atomic mass is 10.0. The van der Waals surface area contributed by atoms with E-state index in [2.05, 4.69) is 113 Å². The van der Waals surface area contributed by atoms with Gasteiger partial charge in [-0.2, -0.15) is 0 Å². The van der Waals surface area contributed by atoms with E-state index in [1.54, 1.807) is 105 Å². The lowest BCUT2D eigenvalue weighted by Crippen LogP contribution is -2.42. The van der Waals surface area contributed by atoms with Gasteiger partial charge in [-0.15, -0.1) is 0 Å². The first kappa shape index (κ1) is 89.4. The summed E-state index contributed by atoms with van der Waals surface area (Å²) in [5.41, 5.74) is 15.6. The highest BCUT2D eigenvalue weighted by Gasteiger charge is 2.28. The van der Waals surface area contributed by atoms with E-state index in [9.17, 15) is 43.2 Å². The van der Waals surface area contributed by atoms with E-state index in [-0.39, 0.29) is 42.0 Å². The van der Waals surface area contributed by atoms with Crippen molar-refractivity contribution in [1.82, 2.24) is 50.3 Å². The van der Waals surface area contributed by atoms with Crippen LogP contribution in [-0.2, 0) is 109 Å². The van der Waals surface area contributed by atoms with Gasteiger partial charge in [0, 0.05) is 139 Å². The second kappa shape index (κ2) is 53.7. The molecule has 0 aliphatic carbocycles. The zero-order valence-electron chi connectivity index (χ0n) is 62.7. The third kappa shape index (κ3) is 37.8. The van der Waals surface area contributed by atoms with Crippen LogP contribution in [0.3, 0.4) is 0 Å². The van der Waals surface area contributed by atoms with Crippen LogP contribution in [0.5, 0.6) is 0 Å². The summed E-state index contributed by atoms with van der Waals surface area (Å²) in [6.45, 7) is 7.08. The van der Waals surface area contributed by atoms with E-state index in [1.165, 1.54) is 65.7 Å². The van der Waals surface area contributed by atoms with Gasteiger partial charge in [0.25, 0.3) is 0 Å². The van der Waals surface area contributed by atoms with Gasteiger partial charge in [0.2, 0.25) is 11.8 Å². The Morgan fingerprint density at radius 3 is 1.10 bits per heavy atom. The number of carboxylic acid groups (broad SMARTS) is 1. The average Bonchev–Trinajstić information content (AvgIpc) is 0.847. The van der Waals surface area contributed by atoms with Crippen molar-refractivity contribution < 1.29 is 67.2 Å². The first-order valence-corrected chi connectivity index (χ1v) is 34.8. The van der Waals surface area contributed by atoms with Crippen molar-refractivity contribution >= 4 is 60.3 Å². The normalized spacial score (nSPS) is 11.3. The van der Waals surface area contributed by atoms with Crippen LogP contribution in [-0.4, -0.2) is 152 Å². The number of hydrogen-bond donors (Lipinski definition) is 4. The highest BCUT2D eigenvalue weighted by molar-refractivity contribution is 5.97. The van der Waals surface area contributed by atoms with Crippen molar-refractivity contribution in [3.8, 4) is 0 Å². The van der Waals surface area contributed by atoms with Gasteiger partial charge < -0.3 is 45.2 Å². The van der Waals surface area contributed by atoms with Crippen LogP contribution in [0.1, 0.15) is 87.6 Å². The second-order valence-electron chi connectivity index (χ2n) is 23.8. The predicted molar refractivity (Wildman–Crippen MR) is 417 cm³/mol. The maximum absolute atomic E-state index is 12.7. The number of carboxylic acids is 1. The smallest absolute Gasteiger partial charge is 0.354 e. The lowest BCUT2D eigenvalue weighted by molar-refractivity contribution is -0.147. The summed E-state index contributed by atoms with van der Waals surface area (Å²) in [7, 11) is 5.31. The molecule has 5 N–H and O–H groups in total. The standard InChI is InChI=1S/C23H24N2O2.C22H22N2O.C11H14N2O3.C11H12N2O3.C9H12N2O2.C6H5NO.C3H6O2/c1-27-23(26)22(15-21-13-8-14-24-16-21)25(17-19-9-4-2-5-10-19)18-20-11-6-3-7-12-20;25-18-22(14-21-12-7-13-23-15-21)24(16-19-8-3-1-4-9-19)17-20-10-5-2-6-11-20;2*1-8(14)13-10(11(15)16-2)6-9-4-3-5-12-7-9;1-13-9(12)8(10)5-7-3-2-4-11-6-7;8-5-6-2-1-3-7-4-6;1-2-3(4)5/h2-14,16,22H,15,17-18H2,1H3;1-13,15,18,22H,14,16-17H2;3-5,7,10H,6H2,1-2H3,(H,13,14);3-7H,1-2H3,(H,13,14);2-4,6,8H,5,10H2,1H3;1-5H;2H2,1H3,(H,4,5)/b;;;10-6-;;;/t2*22-;10-;;8-;;/m000.0../s1. The molecule has 2 amide bonds. The first-order valence-electron chi connectivity index (χ1n) is 34.8. The number of rotatable bonds is 28. The van der Waals surface area contributed by atoms with Crippen LogP contribution in [0.15, 0.2) is 274 Å². The Bertz CT molecular complexity index is 4190. The largest absolute Gasteiger partial charge is 0.481 e. The summed E-state index contributed by atoms with van der Waals surface area (Å²) in [6, 6.07) is 61.1. The Morgan fingerprint density at radius 1 is 0.427 bits per heavy atom. The molecule has 0 bridgehead atoms.